The molecule has 0 amide bonds. The molecule has 3 heterocycles. The fraction of sp³-hybridized carbons (Fsp3) is 0.417. The van der Waals surface area contributed by atoms with E-state index in [9.17, 15) is 0 Å². The van der Waals surface area contributed by atoms with Crippen LogP contribution in [0.5, 0.6) is 0 Å². The second kappa shape index (κ2) is 4.38. The quantitative estimate of drug-likeness (QED) is 0.842. The molecule has 6 nitrogen and oxygen atoms in total. The lowest BCUT2D eigenvalue weighted by molar-refractivity contribution is 0.556. The smallest absolute Gasteiger partial charge is 0.152 e. The van der Waals surface area contributed by atoms with Gasteiger partial charge in [-0.1, -0.05) is 0 Å². The molecular formula is C12H16N6. The van der Waals surface area contributed by atoms with Crippen LogP contribution in [-0.2, 0) is 13.1 Å². The van der Waals surface area contributed by atoms with Crippen molar-refractivity contribution in [1.82, 2.24) is 19.7 Å². The third-order valence-electron chi connectivity index (χ3n) is 3.26. The number of aromatic nitrogens is 4. The number of hydrogen-bond donors (Lipinski definition) is 1. The van der Waals surface area contributed by atoms with Crippen molar-refractivity contribution >= 4 is 5.82 Å². The SMILES string of the molecule is C[C@@H](N)c1ccnc(N2CCn3cnnc3C2)c1. The van der Waals surface area contributed by atoms with E-state index in [-0.39, 0.29) is 6.04 Å². The zero-order valence-electron chi connectivity index (χ0n) is 10.3. The lowest BCUT2D eigenvalue weighted by Crippen LogP contribution is -2.34. The van der Waals surface area contributed by atoms with Crippen LogP contribution in [0, 0.1) is 0 Å². The van der Waals surface area contributed by atoms with E-state index in [0.717, 1.165) is 36.8 Å². The third-order valence-corrected chi connectivity index (χ3v) is 3.26. The van der Waals surface area contributed by atoms with Gasteiger partial charge >= 0.3 is 0 Å². The summed E-state index contributed by atoms with van der Waals surface area (Å²) in [5, 5.41) is 8.03. The molecule has 0 saturated heterocycles. The Morgan fingerprint density at radius 3 is 3.11 bits per heavy atom. The highest BCUT2D eigenvalue weighted by Crippen LogP contribution is 2.20. The van der Waals surface area contributed by atoms with Gasteiger partial charge in [-0.05, 0) is 24.6 Å². The molecule has 0 aromatic carbocycles. The van der Waals surface area contributed by atoms with E-state index in [2.05, 4.69) is 30.7 Å². The van der Waals surface area contributed by atoms with E-state index >= 15 is 0 Å². The summed E-state index contributed by atoms with van der Waals surface area (Å²) in [6.45, 7) is 4.54. The average molecular weight is 244 g/mol. The molecule has 1 aliphatic heterocycles. The highest BCUT2D eigenvalue weighted by molar-refractivity contribution is 5.42. The number of fused-ring (bicyclic) bond motifs is 1. The molecule has 0 radical (unpaired) electrons. The minimum atomic E-state index is 0.0280. The van der Waals surface area contributed by atoms with Crippen LogP contribution in [0.1, 0.15) is 24.4 Å². The predicted molar refractivity (Wildman–Crippen MR) is 67.9 cm³/mol. The highest BCUT2D eigenvalue weighted by atomic mass is 15.3. The maximum atomic E-state index is 5.90. The molecule has 2 aromatic heterocycles. The van der Waals surface area contributed by atoms with E-state index in [1.54, 1.807) is 6.33 Å². The van der Waals surface area contributed by atoms with Gasteiger partial charge in [0, 0.05) is 25.3 Å². The lowest BCUT2D eigenvalue weighted by Gasteiger charge is -2.28. The number of pyridine rings is 1. The molecule has 0 saturated carbocycles. The average Bonchev–Trinajstić information content (AvgIpc) is 2.86. The van der Waals surface area contributed by atoms with Crippen molar-refractivity contribution < 1.29 is 0 Å². The number of nitrogens with zero attached hydrogens (tertiary/aromatic N) is 5. The molecule has 0 unspecified atom stereocenters. The van der Waals surface area contributed by atoms with Gasteiger partial charge < -0.3 is 15.2 Å². The van der Waals surface area contributed by atoms with Crippen molar-refractivity contribution in [1.29, 1.82) is 0 Å². The first-order chi connectivity index (χ1) is 8.74. The van der Waals surface area contributed by atoms with Crippen LogP contribution >= 0.6 is 0 Å². The van der Waals surface area contributed by atoms with Crippen LogP contribution in [0.2, 0.25) is 0 Å². The van der Waals surface area contributed by atoms with Crippen LogP contribution in [0.15, 0.2) is 24.7 Å². The molecule has 94 valence electrons. The van der Waals surface area contributed by atoms with Gasteiger partial charge in [-0.3, -0.25) is 0 Å². The standard InChI is InChI=1S/C12H16N6/c1-9(13)10-2-3-14-11(6-10)17-4-5-18-8-15-16-12(18)7-17/h2-3,6,8-9H,4-5,7,13H2,1H3/t9-/m1/s1. The molecule has 0 bridgehead atoms. The molecular weight excluding hydrogens is 228 g/mol. The molecule has 2 aromatic rings. The van der Waals surface area contributed by atoms with Crippen molar-refractivity contribution in [3.8, 4) is 0 Å². The molecule has 1 atom stereocenters. The monoisotopic (exact) mass is 244 g/mol. The minimum absolute atomic E-state index is 0.0280. The minimum Gasteiger partial charge on any atom is -0.347 e. The van der Waals surface area contributed by atoms with Crippen molar-refractivity contribution in [2.24, 2.45) is 5.73 Å². The maximum Gasteiger partial charge on any atom is 0.152 e. The zero-order valence-corrected chi connectivity index (χ0v) is 10.3. The van der Waals surface area contributed by atoms with Gasteiger partial charge in [-0.2, -0.15) is 0 Å². The first-order valence-corrected chi connectivity index (χ1v) is 6.07. The second-order valence-electron chi connectivity index (χ2n) is 4.60. The van der Waals surface area contributed by atoms with E-state index in [1.807, 2.05) is 19.2 Å². The highest BCUT2D eigenvalue weighted by Gasteiger charge is 2.18. The van der Waals surface area contributed by atoms with Crippen LogP contribution in [0.25, 0.3) is 0 Å². The Balaban J connectivity index is 1.86. The van der Waals surface area contributed by atoms with Gasteiger partial charge in [0.15, 0.2) is 5.82 Å². The summed E-state index contributed by atoms with van der Waals surface area (Å²) < 4.78 is 2.08. The van der Waals surface area contributed by atoms with Gasteiger partial charge in [-0.15, -0.1) is 10.2 Å². The van der Waals surface area contributed by atoms with Crippen LogP contribution in [-0.4, -0.2) is 26.3 Å². The van der Waals surface area contributed by atoms with Gasteiger partial charge in [0.25, 0.3) is 0 Å². The predicted octanol–water partition coefficient (Wildman–Crippen LogP) is 0.713. The molecule has 0 aliphatic carbocycles. The summed E-state index contributed by atoms with van der Waals surface area (Å²) in [5.41, 5.74) is 7.00. The maximum absolute atomic E-state index is 5.90. The largest absolute Gasteiger partial charge is 0.347 e. The summed E-state index contributed by atoms with van der Waals surface area (Å²) in [5.74, 6) is 1.94. The summed E-state index contributed by atoms with van der Waals surface area (Å²) in [4.78, 5) is 6.62. The fourth-order valence-corrected chi connectivity index (χ4v) is 2.15. The van der Waals surface area contributed by atoms with Crippen molar-refractivity contribution in [2.75, 3.05) is 11.4 Å². The van der Waals surface area contributed by atoms with Crippen molar-refractivity contribution in [3.63, 3.8) is 0 Å². The summed E-state index contributed by atoms with van der Waals surface area (Å²) >= 11 is 0. The number of nitrogens with two attached hydrogens (primary N) is 1. The molecule has 3 rings (SSSR count). The first kappa shape index (κ1) is 11.2. The van der Waals surface area contributed by atoms with Crippen LogP contribution in [0.4, 0.5) is 5.82 Å². The Kier molecular flexibility index (Phi) is 2.71. The Labute approximate surface area is 105 Å². The molecule has 2 N–H and O–H groups in total. The zero-order chi connectivity index (χ0) is 12.5. The van der Waals surface area contributed by atoms with Crippen molar-refractivity contribution in [2.45, 2.75) is 26.1 Å². The van der Waals surface area contributed by atoms with Gasteiger partial charge in [-0.25, -0.2) is 4.98 Å². The van der Waals surface area contributed by atoms with Gasteiger partial charge in [0.1, 0.15) is 12.1 Å². The molecule has 6 heteroatoms. The van der Waals surface area contributed by atoms with Gasteiger partial charge in [0.05, 0.1) is 6.54 Å². The Morgan fingerprint density at radius 2 is 2.28 bits per heavy atom. The molecule has 0 fully saturated rings. The Hall–Kier alpha value is -1.95. The van der Waals surface area contributed by atoms with Crippen LogP contribution < -0.4 is 10.6 Å². The molecule has 1 aliphatic rings. The third kappa shape index (κ3) is 1.95. The van der Waals surface area contributed by atoms with E-state index in [1.165, 1.54) is 0 Å². The number of hydrogen-bond acceptors (Lipinski definition) is 5. The Morgan fingerprint density at radius 1 is 1.39 bits per heavy atom. The second-order valence-corrected chi connectivity index (χ2v) is 4.60. The van der Waals surface area contributed by atoms with E-state index in [0.29, 0.717) is 0 Å². The molecule has 0 spiro atoms. The topological polar surface area (TPSA) is 72.9 Å². The number of anilines is 1. The normalized spacial score (nSPS) is 16.4. The van der Waals surface area contributed by atoms with E-state index in [4.69, 9.17) is 5.73 Å². The molecule has 18 heavy (non-hydrogen) atoms. The Bertz CT molecular complexity index is 547. The summed E-state index contributed by atoms with van der Waals surface area (Å²) in [7, 11) is 0. The lowest BCUT2D eigenvalue weighted by atomic mass is 10.1. The van der Waals surface area contributed by atoms with Gasteiger partial charge in [0.2, 0.25) is 0 Å². The van der Waals surface area contributed by atoms with Crippen LogP contribution in [0.3, 0.4) is 0 Å². The first-order valence-electron chi connectivity index (χ1n) is 6.07. The summed E-state index contributed by atoms with van der Waals surface area (Å²) in [6, 6.07) is 4.04. The van der Waals surface area contributed by atoms with E-state index < -0.39 is 0 Å². The summed E-state index contributed by atoms with van der Waals surface area (Å²) in [6.07, 6.45) is 3.59. The van der Waals surface area contributed by atoms with Crippen molar-refractivity contribution in [3.05, 3.63) is 36.0 Å². The fourth-order valence-electron chi connectivity index (χ4n) is 2.15. The number of rotatable bonds is 2.